The first-order valence-electron chi connectivity index (χ1n) is 5.26. The molecule has 1 heterocycles. The molecule has 5 nitrogen and oxygen atoms in total. The van der Waals surface area contributed by atoms with Crippen LogP contribution in [0.4, 0.5) is 0 Å². The van der Waals surface area contributed by atoms with Crippen LogP contribution in [-0.4, -0.2) is 46.9 Å². The van der Waals surface area contributed by atoms with E-state index in [4.69, 9.17) is 0 Å². The highest BCUT2D eigenvalue weighted by molar-refractivity contribution is 5.54. The van der Waals surface area contributed by atoms with E-state index in [9.17, 15) is 15.3 Å². The Balaban J connectivity index is 2.36. The molecular weight excluding hydrogens is 208 g/mol. The Hall–Kier alpha value is -1.46. The molecule has 1 aliphatic heterocycles. The van der Waals surface area contributed by atoms with Crippen LogP contribution in [0.25, 0.3) is 0 Å². The van der Waals surface area contributed by atoms with Crippen molar-refractivity contribution in [3.63, 3.8) is 0 Å². The first kappa shape index (κ1) is 11.0. The van der Waals surface area contributed by atoms with Crippen LogP contribution in [0.15, 0.2) is 12.1 Å². The molecule has 1 fully saturated rings. The maximum absolute atomic E-state index is 9.78. The van der Waals surface area contributed by atoms with E-state index in [1.807, 2.05) is 7.05 Å². The first-order valence-corrected chi connectivity index (χ1v) is 5.26. The van der Waals surface area contributed by atoms with Crippen LogP contribution in [0.2, 0.25) is 0 Å². The summed E-state index contributed by atoms with van der Waals surface area (Å²) >= 11 is 0. The number of hydrogen-bond acceptors (Lipinski definition) is 5. The molecule has 0 aromatic heterocycles. The van der Waals surface area contributed by atoms with Gasteiger partial charge < -0.3 is 20.6 Å². The van der Waals surface area contributed by atoms with E-state index < -0.39 is 5.75 Å². The summed E-state index contributed by atoms with van der Waals surface area (Å²) in [6, 6.07) is 3.05. The Kier molecular flexibility index (Phi) is 2.89. The van der Waals surface area contributed by atoms with Gasteiger partial charge in [-0.1, -0.05) is 0 Å². The van der Waals surface area contributed by atoms with Crippen LogP contribution in [-0.2, 0) is 0 Å². The minimum Gasteiger partial charge on any atom is -0.504 e. The maximum atomic E-state index is 9.78. The Morgan fingerprint density at radius 1 is 1.25 bits per heavy atom. The summed E-state index contributed by atoms with van der Waals surface area (Å²) in [6.45, 7) is 2.51. The van der Waals surface area contributed by atoms with Crippen molar-refractivity contribution in [2.75, 3.05) is 26.7 Å². The summed E-state index contributed by atoms with van der Waals surface area (Å²) in [5.74, 6) is -0.982. The van der Waals surface area contributed by atoms with Crippen molar-refractivity contribution < 1.29 is 15.3 Å². The van der Waals surface area contributed by atoms with E-state index in [0.717, 1.165) is 13.1 Å². The number of hydrogen-bond donors (Lipinski definition) is 4. The molecule has 1 unspecified atom stereocenters. The summed E-state index contributed by atoms with van der Waals surface area (Å²) < 4.78 is 0. The van der Waals surface area contributed by atoms with Gasteiger partial charge in [0, 0.05) is 25.2 Å². The number of phenols is 3. The third kappa shape index (κ3) is 1.79. The molecule has 1 aromatic rings. The van der Waals surface area contributed by atoms with Gasteiger partial charge in [0.1, 0.15) is 0 Å². The third-order valence-corrected chi connectivity index (χ3v) is 3.03. The number of phenolic OH excluding ortho intramolecular Hbond substituents is 3. The number of piperazine rings is 1. The van der Waals surface area contributed by atoms with Gasteiger partial charge in [0.05, 0.1) is 6.04 Å². The van der Waals surface area contributed by atoms with E-state index >= 15 is 0 Å². The SMILES string of the molecule is CN1CCNCC1c1ccc(O)c(O)c1O. The average Bonchev–Trinajstić information content (AvgIpc) is 2.28. The Bertz CT molecular complexity index is 395. The molecule has 16 heavy (non-hydrogen) atoms. The fourth-order valence-electron chi connectivity index (χ4n) is 2.01. The Labute approximate surface area is 93.9 Å². The van der Waals surface area contributed by atoms with Gasteiger partial charge in [0.2, 0.25) is 5.75 Å². The molecule has 1 atom stereocenters. The van der Waals surface area contributed by atoms with Crippen molar-refractivity contribution in [1.29, 1.82) is 0 Å². The minimum absolute atomic E-state index is 0.0141. The number of rotatable bonds is 1. The standard InChI is InChI=1S/C11H16N2O3/c1-13-5-4-12-6-8(13)7-2-3-9(14)11(16)10(7)15/h2-3,8,12,14-16H,4-6H2,1H3. The monoisotopic (exact) mass is 224 g/mol. The molecule has 2 rings (SSSR count). The van der Waals surface area contributed by atoms with Crippen molar-refractivity contribution in [2.24, 2.45) is 0 Å². The lowest BCUT2D eigenvalue weighted by Crippen LogP contribution is -2.43. The fourth-order valence-corrected chi connectivity index (χ4v) is 2.01. The van der Waals surface area contributed by atoms with Gasteiger partial charge in [-0.05, 0) is 19.2 Å². The molecule has 0 aliphatic carbocycles. The summed E-state index contributed by atoms with van der Waals surface area (Å²) in [5, 5.41) is 31.7. The van der Waals surface area contributed by atoms with Crippen LogP contribution in [0.3, 0.4) is 0 Å². The fraction of sp³-hybridized carbons (Fsp3) is 0.455. The van der Waals surface area contributed by atoms with E-state index in [1.54, 1.807) is 6.07 Å². The summed E-state index contributed by atoms with van der Waals surface area (Å²) in [5.41, 5.74) is 0.630. The van der Waals surface area contributed by atoms with Crippen molar-refractivity contribution in [3.05, 3.63) is 17.7 Å². The molecule has 1 aliphatic rings. The molecular formula is C11H16N2O3. The van der Waals surface area contributed by atoms with Crippen molar-refractivity contribution in [2.45, 2.75) is 6.04 Å². The average molecular weight is 224 g/mol. The zero-order valence-corrected chi connectivity index (χ0v) is 9.14. The van der Waals surface area contributed by atoms with Crippen LogP contribution in [0.5, 0.6) is 17.2 Å². The lowest BCUT2D eigenvalue weighted by molar-refractivity contribution is 0.197. The maximum Gasteiger partial charge on any atom is 0.200 e. The molecule has 1 saturated heterocycles. The van der Waals surface area contributed by atoms with E-state index in [2.05, 4.69) is 10.2 Å². The quantitative estimate of drug-likeness (QED) is 0.519. The third-order valence-electron chi connectivity index (χ3n) is 3.03. The molecule has 0 bridgehead atoms. The Morgan fingerprint density at radius 2 is 2.00 bits per heavy atom. The number of aromatic hydroxyl groups is 3. The Morgan fingerprint density at radius 3 is 2.69 bits per heavy atom. The van der Waals surface area contributed by atoms with Gasteiger partial charge in [-0.2, -0.15) is 0 Å². The van der Waals surface area contributed by atoms with Crippen LogP contribution in [0.1, 0.15) is 11.6 Å². The first-order chi connectivity index (χ1) is 7.61. The molecule has 0 saturated carbocycles. The molecule has 0 radical (unpaired) electrons. The van der Waals surface area contributed by atoms with Gasteiger partial charge in [-0.15, -0.1) is 0 Å². The lowest BCUT2D eigenvalue weighted by Gasteiger charge is -2.33. The van der Waals surface area contributed by atoms with Crippen molar-refractivity contribution in [1.82, 2.24) is 10.2 Å². The highest BCUT2D eigenvalue weighted by Gasteiger charge is 2.25. The zero-order valence-electron chi connectivity index (χ0n) is 9.14. The van der Waals surface area contributed by atoms with Crippen LogP contribution >= 0.6 is 0 Å². The second-order valence-electron chi connectivity index (χ2n) is 4.07. The normalized spacial score (nSPS) is 22.2. The minimum atomic E-state index is -0.448. The molecule has 4 N–H and O–H groups in total. The van der Waals surface area contributed by atoms with Gasteiger partial charge in [-0.3, -0.25) is 4.90 Å². The summed E-state index contributed by atoms with van der Waals surface area (Å²) in [4.78, 5) is 2.10. The van der Waals surface area contributed by atoms with Gasteiger partial charge >= 0.3 is 0 Å². The second-order valence-corrected chi connectivity index (χ2v) is 4.07. The molecule has 88 valence electrons. The van der Waals surface area contributed by atoms with E-state index in [-0.39, 0.29) is 17.5 Å². The number of nitrogens with one attached hydrogen (secondary N) is 1. The highest BCUT2D eigenvalue weighted by atomic mass is 16.3. The summed E-state index contributed by atoms with van der Waals surface area (Å²) in [6.07, 6.45) is 0. The van der Waals surface area contributed by atoms with Crippen LogP contribution < -0.4 is 5.32 Å². The summed E-state index contributed by atoms with van der Waals surface area (Å²) in [7, 11) is 1.97. The van der Waals surface area contributed by atoms with Gasteiger partial charge in [0.25, 0.3) is 0 Å². The van der Waals surface area contributed by atoms with Gasteiger partial charge in [-0.25, -0.2) is 0 Å². The topological polar surface area (TPSA) is 76.0 Å². The van der Waals surface area contributed by atoms with Gasteiger partial charge in [0.15, 0.2) is 11.5 Å². The molecule has 0 amide bonds. The predicted octanol–water partition coefficient (Wildman–Crippen LogP) is 0.379. The molecule has 1 aromatic carbocycles. The zero-order chi connectivity index (χ0) is 11.7. The highest BCUT2D eigenvalue weighted by Crippen LogP contribution is 2.40. The number of likely N-dealkylation sites (N-methyl/N-ethyl adjacent to an activating group) is 1. The number of nitrogens with zero attached hydrogens (tertiary/aromatic N) is 1. The van der Waals surface area contributed by atoms with E-state index in [0.29, 0.717) is 12.1 Å². The largest absolute Gasteiger partial charge is 0.504 e. The second kappa shape index (κ2) is 4.19. The molecule has 0 spiro atoms. The lowest BCUT2D eigenvalue weighted by atomic mass is 10.0. The predicted molar refractivity (Wildman–Crippen MR) is 59.7 cm³/mol. The smallest absolute Gasteiger partial charge is 0.200 e. The van der Waals surface area contributed by atoms with Crippen molar-refractivity contribution >= 4 is 0 Å². The van der Waals surface area contributed by atoms with E-state index in [1.165, 1.54) is 6.07 Å². The molecule has 5 heteroatoms. The van der Waals surface area contributed by atoms with Crippen LogP contribution in [0, 0.1) is 0 Å². The number of benzene rings is 1. The van der Waals surface area contributed by atoms with Crippen molar-refractivity contribution in [3.8, 4) is 17.2 Å².